The van der Waals surface area contributed by atoms with Gasteiger partial charge in [-0.15, -0.1) is 0 Å². The molecule has 1 fully saturated rings. The molecule has 3 aliphatic rings. The SMILES string of the molecule is O=C(OCC1c2ccccc2-c2ccccc21)N1CCCC1C1=N[C@@](Cc2ccccc2)(C(=O)O)CO1. The number of fused-ring (bicyclic) bond motifs is 3. The molecular formula is C30H28N2O5. The lowest BCUT2D eigenvalue weighted by Crippen LogP contribution is -2.41. The number of carbonyl (C=O) groups excluding carboxylic acids is 1. The first-order valence-corrected chi connectivity index (χ1v) is 12.7. The summed E-state index contributed by atoms with van der Waals surface area (Å²) in [4.78, 5) is 31.7. The van der Waals surface area contributed by atoms with E-state index in [1.807, 2.05) is 54.6 Å². The van der Waals surface area contributed by atoms with Crippen molar-refractivity contribution in [2.75, 3.05) is 19.8 Å². The standard InChI is InChI=1S/C30H28N2O5/c33-28(34)30(17-20-9-2-1-3-10-20)19-37-27(31-30)26-15-8-16-32(26)29(35)36-18-25-23-13-6-4-11-21(23)22-12-5-7-14-24(22)25/h1-7,9-14,25-26H,8,15-19H2,(H,33,34)/t26?,30-/m1/s1. The zero-order valence-corrected chi connectivity index (χ0v) is 20.4. The van der Waals surface area contributed by atoms with E-state index in [9.17, 15) is 14.7 Å². The molecule has 3 aromatic rings. The molecule has 6 rings (SSSR count). The zero-order valence-electron chi connectivity index (χ0n) is 20.4. The van der Waals surface area contributed by atoms with Gasteiger partial charge in [-0.3, -0.25) is 4.90 Å². The fourth-order valence-electron chi connectivity index (χ4n) is 5.77. The summed E-state index contributed by atoms with van der Waals surface area (Å²) < 4.78 is 11.7. The lowest BCUT2D eigenvalue weighted by atomic mass is 9.93. The van der Waals surface area contributed by atoms with Crippen LogP contribution in [0.1, 0.15) is 35.4 Å². The number of carboxylic acids is 1. The second kappa shape index (κ2) is 9.39. The minimum atomic E-state index is -1.40. The summed E-state index contributed by atoms with van der Waals surface area (Å²) in [6, 6.07) is 25.4. The van der Waals surface area contributed by atoms with Gasteiger partial charge in [0.15, 0.2) is 5.54 Å². The molecule has 0 spiro atoms. The Hall–Kier alpha value is -4.13. The minimum absolute atomic E-state index is 0.0250. The summed E-state index contributed by atoms with van der Waals surface area (Å²) in [6.45, 7) is 0.695. The molecule has 7 heteroatoms. The second-order valence-corrected chi connectivity index (χ2v) is 9.89. The summed E-state index contributed by atoms with van der Waals surface area (Å²) in [5.41, 5.74) is 4.14. The first kappa shape index (κ1) is 23.3. The normalized spacial score (nSPS) is 22.2. The smallest absolute Gasteiger partial charge is 0.410 e. The molecule has 2 atom stereocenters. The van der Waals surface area contributed by atoms with Crippen LogP contribution in [0.15, 0.2) is 83.9 Å². The van der Waals surface area contributed by atoms with Crippen molar-refractivity contribution in [1.82, 2.24) is 4.90 Å². The van der Waals surface area contributed by atoms with E-state index in [0.717, 1.165) is 23.1 Å². The quantitative estimate of drug-likeness (QED) is 0.525. The van der Waals surface area contributed by atoms with Gasteiger partial charge in [-0.2, -0.15) is 0 Å². The van der Waals surface area contributed by atoms with E-state index >= 15 is 0 Å². The molecule has 37 heavy (non-hydrogen) atoms. The van der Waals surface area contributed by atoms with Gasteiger partial charge in [-0.05, 0) is 40.7 Å². The Morgan fingerprint density at radius 2 is 1.62 bits per heavy atom. The van der Waals surface area contributed by atoms with Crippen LogP contribution in [0.2, 0.25) is 0 Å². The van der Waals surface area contributed by atoms with E-state index in [0.29, 0.717) is 18.9 Å². The van der Waals surface area contributed by atoms with Crippen LogP contribution in [0.4, 0.5) is 4.79 Å². The molecule has 1 unspecified atom stereocenters. The number of hydrogen-bond donors (Lipinski definition) is 1. The largest absolute Gasteiger partial charge is 0.479 e. The van der Waals surface area contributed by atoms with Gasteiger partial charge in [0.25, 0.3) is 0 Å². The molecule has 0 radical (unpaired) electrons. The van der Waals surface area contributed by atoms with E-state index in [-0.39, 0.29) is 25.6 Å². The number of carbonyl (C=O) groups is 2. The van der Waals surface area contributed by atoms with Crippen molar-refractivity contribution in [3.63, 3.8) is 0 Å². The van der Waals surface area contributed by atoms with Crippen LogP contribution in [0, 0.1) is 0 Å². The summed E-state index contributed by atoms with van der Waals surface area (Å²) in [5.74, 6) is -0.746. The number of aliphatic imine (C=N–C) groups is 1. The van der Waals surface area contributed by atoms with Crippen LogP contribution in [-0.4, -0.2) is 59.3 Å². The molecule has 0 saturated carbocycles. The van der Waals surface area contributed by atoms with Crippen molar-refractivity contribution >= 4 is 18.0 Å². The van der Waals surface area contributed by atoms with Crippen LogP contribution >= 0.6 is 0 Å². The third kappa shape index (κ3) is 4.14. The molecule has 0 bridgehead atoms. The lowest BCUT2D eigenvalue weighted by Gasteiger charge is -2.24. The summed E-state index contributed by atoms with van der Waals surface area (Å²) >= 11 is 0. The third-order valence-corrected chi connectivity index (χ3v) is 7.63. The topological polar surface area (TPSA) is 88.4 Å². The van der Waals surface area contributed by atoms with E-state index in [1.165, 1.54) is 11.1 Å². The third-order valence-electron chi connectivity index (χ3n) is 7.63. The van der Waals surface area contributed by atoms with E-state index in [1.54, 1.807) is 4.90 Å². The summed E-state index contributed by atoms with van der Waals surface area (Å²) in [7, 11) is 0. The molecule has 1 amide bonds. The molecule has 1 N–H and O–H groups in total. The van der Waals surface area contributed by atoms with Gasteiger partial charge in [0, 0.05) is 18.9 Å². The molecule has 2 heterocycles. The number of aliphatic carboxylic acids is 1. The van der Waals surface area contributed by atoms with Crippen LogP contribution in [-0.2, 0) is 20.7 Å². The van der Waals surface area contributed by atoms with Gasteiger partial charge in [0.05, 0.1) is 0 Å². The number of rotatable bonds is 6. The van der Waals surface area contributed by atoms with Gasteiger partial charge in [0.2, 0.25) is 5.90 Å². The Kier molecular flexibility index (Phi) is 5.91. The molecular weight excluding hydrogens is 468 g/mol. The monoisotopic (exact) mass is 496 g/mol. The summed E-state index contributed by atoms with van der Waals surface area (Å²) in [6.07, 6.45) is 1.23. The van der Waals surface area contributed by atoms with Crippen molar-refractivity contribution in [2.45, 2.75) is 36.8 Å². The Bertz CT molecular complexity index is 1330. The Morgan fingerprint density at radius 3 is 2.30 bits per heavy atom. The average molecular weight is 497 g/mol. The van der Waals surface area contributed by atoms with Gasteiger partial charge in [0.1, 0.15) is 19.3 Å². The Balaban J connectivity index is 1.18. The lowest BCUT2D eigenvalue weighted by molar-refractivity contribution is -0.143. The van der Waals surface area contributed by atoms with Gasteiger partial charge < -0.3 is 14.6 Å². The predicted octanol–water partition coefficient (Wildman–Crippen LogP) is 4.89. The number of carboxylic acid groups (broad SMARTS) is 1. The van der Waals surface area contributed by atoms with E-state index in [2.05, 4.69) is 29.3 Å². The van der Waals surface area contributed by atoms with Crippen LogP contribution < -0.4 is 0 Å². The van der Waals surface area contributed by atoms with Gasteiger partial charge in [-0.25, -0.2) is 14.6 Å². The maximum Gasteiger partial charge on any atom is 0.410 e. The van der Waals surface area contributed by atoms with Crippen LogP contribution in [0.3, 0.4) is 0 Å². The number of nitrogens with zero attached hydrogens (tertiary/aromatic N) is 2. The van der Waals surface area contributed by atoms with E-state index < -0.39 is 23.6 Å². The maximum atomic E-state index is 13.3. The van der Waals surface area contributed by atoms with E-state index in [4.69, 9.17) is 9.47 Å². The molecule has 188 valence electrons. The van der Waals surface area contributed by atoms with Crippen molar-refractivity contribution in [3.8, 4) is 11.1 Å². The highest BCUT2D eigenvalue weighted by atomic mass is 16.6. The second-order valence-electron chi connectivity index (χ2n) is 9.89. The van der Waals surface area contributed by atoms with Crippen molar-refractivity contribution in [3.05, 3.63) is 95.6 Å². The van der Waals surface area contributed by atoms with Gasteiger partial charge in [-0.1, -0.05) is 78.9 Å². The van der Waals surface area contributed by atoms with Crippen LogP contribution in [0.5, 0.6) is 0 Å². The molecule has 0 aromatic heterocycles. The van der Waals surface area contributed by atoms with Crippen LogP contribution in [0.25, 0.3) is 11.1 Å². The zero-order chi connectivity index (χ0) is 25.4. The fraction of sp³-hybridized carbons (Fsp3) is 0.300. The molecule has 1 saturated heterocycles. The predicted molar refractivity (Wildman–Crippen MR) is 139 cm³/mol. The Labute approximate surface area is 215 Å². The number of likely N-dealkylation sites (tertiary alicyclic amines) is 1. The molecule has 7 nitrogen and oxygen atoms in total. The number of benzene rings is 3. The average Bonchev–Trinajstić information content (AvgIpc) is 3.65. The minimum Gasteiger partial charge on any atom is -0.479 e. The molecule has 3 aromatic carbocycles. The van der Waals surface area contributed by atoms with Crippen molar-refractivity contribution < 1.29 is 24.2 Å². The number of hydrogen-bond acceptors (Lipinski definition) is 5. The summed E-state index contributed by atoms with van der Waals surface area (Å²) in [5, 5.41) is 10.0. The first-order chi connectivity index (χ1) is 18.1. The highest BCUT2D eigenvalue weighted by Crippen LogP contribution is 2.44. The molecule has 1 aliphatic carbocycles. The fourth-order valence-corrected chi connectivity index (χ4v) is 5.77. The van der Waals surface area contributed by atoms with Gasteiger partial charge >= 0.3 is 12.1 Å². The number of ether oxygens (including phenoxy) is 2. The van der Waals surface area contributed by atoms with Crippen molar-refractivity contribution in [2.24, 2.45) is 4.99 Å². The molecule has 2 aliphatic heterocycles. The number of amides is 1. The highest BCUT2D eigenvalue weighted by Gasteiger charge is 2.48. The first-order valence-electron chi connectivity index (χ1n) is 12.7. The van der Waals surface area contributed by atoms with Crippen molar-refractivity contribution in [1.29, 1.82) is 0 Å². The highest BCUT2D eigenvalue weighted by molar-refractivity contribution is 5.93. The Morgan fingerprint density at radius 1 is 0.973 bits per heavy atom. The maximum absolute atomic E-state index is 13.3.